The van der Waals surface area contributed by atoms with Crippen molar-refractivity contribution >= 4 is 28.4 Å². The van der Waals surface area contributed by atoms with Crippen LogP contribution in [0.2, 0.25) is 0 Å². The maximum absolute atomic E-state index is 14.6. The molecule has 0 aliphatic heterocycles. The molecule has 36 heavy (non-hydrogen) atoms. The van der Waals surface area contributed by atoms with Crippen LogP contribution in [-0.4, -0.2) is 35.4 Å². The Hall–Kier alpha value is -3.81. The van der Waals surface area contributed by atoms with E-state index >= 15 is 0 Å². The molecule has 1 saturated carbocycles. The Labute approximate surface area is 207 Å². The fourth-order valence-corrected chi connectivity index (χ4v) is 4.51. The zero-order valence-corrected chi connectivity index (χ0v) is 19.6. The third-order valence-electron chi connectivity index (χ3n) is 6.50. The quantitative estimate of drug-likeness (QED) is 0.301. The number of carbonyl (C=O) groups is 3. The van der Waals surface area contributed by atoms with Crippen molar-refractivity contribution in [3.8, 4) is 5.75 Å². The van der Waals surface area contributed by atoms with Gasteiger partial charge in [-0.2, -0.15) is 0 Å². The molecule has 1 aliphatic rings. The normalized spacial score (nSPS) is 17.5. The lowest BCUT2D eigenvalue weighted by Crippen LogP contribution is -2.28. The summed E-state index contributed by atoms with van der Waals surface area (Å²) < 4.78 is 34.8. The topological polar surface area (TPSA) is 92.7 Å². The third kappa shape index (κ3) is 6.05. The molecule has 188 valence electrons. The number of rotatable bonds is 9. The summed E-state index contributed by atoms with van der Waals surface area (Å²) in [6, 6.07) is 15.0. The first-order chi connectivity index (χ1) is 17.3. The maximum Gasteiger partial charge on any atom is 0.306 e. The van der Waals surface area contributed by atoms with Gasteiger partial charge in [0.25, 0.3) is 5.91 Å². The minimum absolute atomic E-state index is 0.0250. The molecule has 1 amide bonds. The van der Waals surface area contributed by atoms with Crippen LogP contribution in [0.4, 0.5) is 8.78 Å². The highest BCUT2D eigenvalue weighted by molar-refractivity contribution is 5.99. The Morgan fingerprint density at radius 1 is 0.917 bits per heavy atom. The molecule has 0 aromatic heterocycles. The molecule has 0 heterocycles. The second-order valence-electron chi connectivity index (χ2n) is 9.04. The Balaban J connectivity index is 1.27. The highest BCUT2D eigenvalue weighted by Gasteiger charge is 2.27. The predicted molar refractivity (Wildman–Crippen MR) is 130 cm³/mol. The van der Waals surface area contributed by atoms with Gasteiger partial charge in [0.1, 0.15) is 17.4 Å². The van der Waals surface area contributed by atoms with Crippen molar-refractivity contribution in [2.75, 3.05) is 6.54 Å². The fraction of sp³-hybridized carbons (Fsp3) is 0.321. The smallest absolute Gasteiger partial charge is 0.306 e. The van der Waals surface area contributed by atoms with Crippen LogP contribution in [0, 0.1) is 17.6 Å². The van der Waals surface area contributed by atoms with E-state index in [1.807, 2.05) is 30.3 Å². The summed E-state index contributed by atoms with van der Waals surface area (Å²) in [5.74, 6) is -4.29. The molecule has 0 unspecified atom stereocenters. The van der Waals surface area contributed by atoms with E-state index in [1.54, 1.807) is 12.1 Å². The lowest BCUT2D eigenvalue weighted by molar-refractivity contribution is -0.143. The van der Waals surface area contributed by atoms with Crippen LogP contribution in [-0.2, 0) is 4.79 Å². The molecule has 6 nitrogen and oxygen atoms in total. The van der Waals surface area contributed by atoms with Gasteiger partial charge in [0, 0.05) is 30.7 Å². The molecule has 0 atom stereocenters. The number of fused-ring (bicyclic) bond motifs is 1. The molecule has 0 spiro atoms. The zero-order valence-electron chi connectivity index (χ0n) is 19.6. The van der Waals surface area contributed by atoms with Gasteiger partial charge in [0.05, 0.1) is 17.6 Å². The minimum atomic E-state index is -1.01. The van der Waals surface area contributed by atoms with Crippen molar-refractivity contribution in [1.29, 1.82) is 0 Å². The number of halogens is 2. The lowest BCUT2D eigenvalue weighted by Gasteiger charge is -2.26. The van der Waals surface area contributed by atoms with Gasteiger partial charge in [0.2, 0.25) is 0 Å². The van der Waals surface area contributed by atoms with Gasteiger partial charge < -0.3 is 15.2 Å². The van der Waals surface area contributed by atoms with Crippen molar-refractivity contribution in [1.82, 2.24) is 5.32 Å². The van der Waals surface area contributed by atoms with Crippen molar-refractivity contribution in [2.45, 2.75) is 44.6 Å². The molecule has 1 aliphatic carbocycles. The van der Waals surface area contributed by atoms with Gasteiger partial charge in [-0.15, -0.1) is 0 Å². The SMILES string of the molecule is O=C(NCCCC(=O)c1c(F)cc(OC2CCC(C(=O)O)CC2)cc1F)c1ccc2ccccc2c1. The maximum atomic E-state index is 14.6. The lowest BCUT2D eigenvalue weighted by atomic mass is 9.87. The summed E-state index contributed by atoms with van der Waals surface area (Å²) in [6.07, 6.45) is 1.61. The molecule has 8 heteroatoms. The number of amides is 1. The van der Waals surface area contributed by atoms with Crippen LogP contribution in [0.15, 0.2) is 54.6 Å². The van der Waals surface area contributed by atoms with E-state index in [0.29, 0.717) is 31.2 Å². The molecule has 3 aromatic rings. The molecule has 2 N–H and O–H groups in total. The number of carboxylic acids is 1. The van der Waals surface area contributed by atoms with E-state index in [0.717, 1.165) is 22.9 Å². The van der Waals surface area contributed by atoms with Gasteiger partial charge in [-0.1, -0.05) is 30.3 Å². The Morgan fingerprint density at radius 2 is 1.58 bits per heavy atom. The van der Waals surface area contributed by atoms with Crippen LogP contribution in [0.25, 0.3) is 10.8 Å². The number of hydrogen-bond donors (Lipinski definition) is 2. The molecule has 1 fully saturated rings. The van der Waals surface area contributed by atoms with Crippen LogP contribution >= 0.6 is 0 Å². The summed E-state index contributed by atoms with van der Waals surface area (Å²) in [5, 5.41) is 13.8. The van der Waals surface area contributed by atoms with E-state index in [1.165, 1.54) is 0 Å². The number of Topliss-reactive ketones (excluding diaryl/α,β-unsaturated/α-hetero) is 1. The third-order valence-corrected chi connectivity index (χ3v) is 6.50. The summed E-state index contributed by atoms with van der Waals surface area (Å²) in [5.41, 5.74) is -0.137. The van der Waals surface area contributed by atoms with Crippen molar-refractivity contribution in [3.05, 3.63) is 77.4 Å². The van der Waals surface area contributed by atoms with Crippen LogP contribution in [0.3, 0.4) is 0 Å². The van der Waals surface area contributed by atoms with Gasteiger partial charge in [-0.3, -0.25) is 14.4 Å². The van der Waals surface area contributed by atoms with E-state index in [-0.39, 0.29) is 37.1 Å². The average molecular weight is 496 g/mol. The number of hydrogen-bond acceptors (Lipinski definition) is 4. The molecule has 4 rings (SSSR count). The standard InChI is InChI=1S/C28H27F2NO5/c29-23-15-22(36-21-11-9-18(10-12-21)28(34)35)16-24(30)26(23)25(32)6-3-13-31-27(33)20-8-7-17-4-1-2-5-19(17)14-20/h1-2,4-5,7-8,14-16,18,21H,3,6,9-13H2,(H,31,33)(H,34,35). The van der Waals surface area contributed by atoms with E-state index in [4.69, 9.17) is 9.84 Å². The molecule has 0 bridgehead atoms. The first kappa shape index (κ1) is 25.3. The number of carboxylic acid groups (broad SMARTS) is 1. The molecular formula is C28H27F2NO5. The summed E-state index contributed by atoms with van der Waals surface area (Å²) in [7, 11) is 0. The van der Waals surface area contributed by atoms with Crippen molar-refractivity contribution < 1.29 is 33.0 Å². The van der Waals surface area contributed by atoms with Crippen molar-refractivity contribution in [3.63, 3.8) is 0 Å². The van der Waals surface area contributed by atoms with Crippen LogP contribution < -0.4 is 10.1 Å². The predicted octanol–water partition coefficient (Wildman–Crippen LogP) is 5.53. The van der Waals surface area contributed by atoms with Crippen molar-refractivity contribution in [2.24, 2.45) is 5.92 Å². The van der Waals surface area contributed by atoms with Gasteiger partial charge in [-0.05, 0) is 55.0 Å². The van der Waals surface area contributed by atoms with Gasteiger partial charge in [0.15, 0.2) is 5.78 Å². The van der Waals surface area contributed by atoms with E-state index in [9.17, 15) is 23.2 Å². The average Bonchev–Trinajstić information content (AvgIpc) is 2.86. The number of aliphatic carboxylic acids is 1. The second-order valence-corrected chi connectivity index (χ2v) is 9.04. The largest absolute Gasteiger partial charge is 0.490 e. The minimum Gasteiger partial charge on any atom is -0.490 e. The highest BCUT2D eigenvalue weighted by atomic mass is 19.1. The highest BCUT2D eigenvalue weighted by Crippen LogP contribution is 2.29. The van der Waals surface area contributed by atoms with E-state index < -0.39 is 34.9 Å². The Morgan fingerprint density at radius 3 is 2.25 bits per heavy atom. The van der Waals surface area contributed by atoms with Crippen LogP contribution in [0.5, 0.6) is 5.75 Å². The Bertz CT molecular complexity index is 1260. The summed E-state index contributed by atoms with van der Waals surface area (Å²) in [6.45, 7) is 0.181. The number of ketones is 1. The second kappa shape index (κ2) is 11.3. The molecular weight excluding hydrogens is 468 g/mol. The van der Waals surface area contributed by atoms with Gasteiger partial charge >= 0.3 is 5.97 Å². The monoisotopic (exact) mass is 495 g/mol. The number of benzene rings is 3. The van der Waals surface area contributed by atoms with Gasteiger partial charge in [-0.25, -0.2) is 8.78 Å². The Kier molecular flexibility index (Phi) is 7.93. The molecule has 3 aromatic carbocycles. The summed E-state index contributed by atoms with van der Waals surface area (Å²) >= 11 is 0. The number of carbonyl (C=O) groups excluding carboxylic acids is 2. The first-order valence-electron chi connectivity index (χ1n) is 12.0. The van der Waals surface area contributed by atoms with E-state index in [2.05, 4.69) is 5.32 Å². The number of nitrogens with one attached hydrogen (secondary N) is 1. The van der Waals surface area contributed by atoms with Crippen LogP contribution in [0.1, 0.15) is 59.2 Å². The fourth-order valence-electron chi connectivity index (χ4n) is 4.51. The zero-order chi connectivity index (χ0) is 25.7. The molecule has 0 radical (unpaired) electrons. The summed E-state index contributed by atoms with van der Waals surface area (Å²) in [4.78, 5) is 35.9. The first-order valence-corrected chi connectivity index (χ1v) is 12.0. The molecule has 0 saturated heterocycles. The number of ether oxygens (including phenoxy) is 1.